The molecule has 3 aromatic heterocycles. The number of ether oxygens (including phenoxy) is 1. The average Bonchev–Trinajstić information content (AvgIpc) is 2.99. The van der Waals surface area contributed by atoms with Crippen LogP contribution in [0, 0.1) is 0 Å². The van der Waals surface area contributed by atoms with Crippen molar-refractivity contribution >= 4 is 23.4 Å². The number of thioether (sulfide) groups is 1. The van der Waals surface area contributed by atoms with Gasteiger partial charge in [-0.1, -0.05) is 11.8 Å². The smallest absolute Gasteiger partial charge is 0.319 e. The maximum absolute atomic E-state index is 11.7. The van der Waals surface area contributed by atoms with Crippen molar-refractivity contribution in [2.24, 2.45) is 0 Å². The molecule has 0 aromatic carbocycles. The summed E-state index contributed by atoms with van der Waals surface area (Å²) in [5, 5.41) is 13.2. The molecule has 3 rings (SSSR count). The van der Waals surface area contributed by atoms with Crippen LogP contribution in [0.25, 0.3) is 17.0 Å². The highest BCUT2D eigenvalue weighted by Gasteiger charge is 2.17. The maximum Gasteiger partial charge on any atom is 0.319 e. The van der Waals surface area contributed by atoms with Crippen LogP contribution in [0.1, 0.15) is 13.8 Å². The van der Waals surface area contributed by atoms with E-state index in [1.165, 1.54) is 11.8 Å². The number of aromatic nitrogens is 5. The molecular formula is C15H15N5O2S. The number of pyridine rings is 1. The Bertz CT molecular complexity index is 821. The third-order valence-electron chi connectivity index (χ3n) is 3.09. The number of esters is 1. The molecule has 23 heavy (non-hydrogen) atoms. The van der Waals surface area contributed by atoms with Gasteiger partial charge in [0, 0.05) is 18.0 Å². The first-order chi connectivity index (χ1) is 11.2. The van der Waals surface area contributed by atoms with Gasteiger partial charge in [-0.3, -0.25) is 9.78 Å². The number of nitrogens with zero attached hydrogens (tertiary/aromatic N) is 5. The van der Waals surface area contributed by atoms with E-state index in [0.717, 1.165) is 5.56 Å². The Hall–Kier alpha value is -2.48. The molecule has 0 aliphatic carbocycles. The molecule has 3 heterocycles. The van der Waals surface area contributed by atoms with Crippen LogP contribution in [0.15, 0.2) is 41.7 Å². The summed E-state index contributed by atoms with van der Waals surface area (Å²) in [7, 11) is 0. The fourth-order valence-corrected chi connectivity index (χ4v) is 2.81. The monoisotopic (exact) mass is 329 g/mol. The summed E-state index contributed by atoms with van der Waals surface area (Å²) < 4.78 is 6.68. The molecule has 0 saturated carbocycles. The Morgan fingerprint density at radius 3 is 2.78 bits per heavy atom. The van der Waals surface area contributed by atoms with Crippen molar-refractivity contribution in [2.45, 2.75) is 24.1 Å². The molecule has 0 bridgehead atoms. The molecule has 8 heteroatoms. The largest absolute Gasteiger partial charge is 0.465 e. The van der Waals surface area contributed by atoms with Gasteiger partial charge < -0.3 is 4.74 Å². The highest BCUT2D eigenvalue weighted by atomic mass is 32.2. The molecule has 0 fully saturated rings. The zero-order valence-corrected chi connectivity index (χ0v) is 13.5. The highest BCUT2D eigenvalue weighted by Crippen LogP contribution is 2.24. The van der Waals surface area contributed by atoms with Crippen LogP contribution in [0.4, 0.5) is 0 Å². The second-order valence-electron chi connectivity index (χ2n) is 4.71. The van der Waals surface area contributed by atoms with Crippen molar-refractivity contribution in [1.82, 2.24) is 24.8 Å². The SMILES string of the molecule is CCOC(=O)[C@@H](C)Sc1ccc2nnc(-c3ccncc3)n2n1. The summed E-state index contributed by atoms with van der Waals surface area (Å²) in [6.45, 7) is 3.95. The van der Waals surface area contributed by atoms with Crippen LogP contribution >= 0.6 is 11.8 Å². The quantitative estimate of drug-likeness (QED) is 0.524. The molecule has 0 aliphatic rings. The van der Waals surface area contributed by atoms with Crippen LogP contribution in [-0.2, 0) is 9.53 Å². The molecule has 1 atom stereocenters. The van der Waals surface area contributed by atoms with Gasteiger partial charge in [0.05, 0.1) is 6.61 Å². The van der Waals surface area contributed by atoms with Crippen LogP contribution in [0.2, 0.25) is 0 Å². The minimum absolute atomic E-state index is 0.252. The maximum atomic E-state index is 11.7. The van der Waals surface area contributed by atoms with E-state index >= 15 is 0 Å². The normalized spacial score (nSPS) is 12.3. The number of carbonyl (C=O) groups excluding carboxylic acids is 1. The molecule has 0 radical (unpaired) electrons. The van der Waals surface area contributed by atoms with Gasteiger partial charge in [0.1, 0.15) is 10.3 Å². The molecule has 0 saturated heterocycles. The van der Waals surface area contributed by atoms with Crippen LogP contribution in [0.5, 0.6) is 0 Å². The molecule has 3 aromatic rings. The minimum Gasteiger partial charge on any atom is -0.465 e. The van der Waals surface area contributed by atoms with Gasteiger partial charge in [0.25, 0.3) is 0 Å². The van der Waals surface area contributed by atoms with Gasteiger partial charge in [-0.25, -0.2) is 0 Å². The molecule has 118 valence electrons. The Kier molecular flexibility index (Phi) is 4.52. The summed E-state index contributed by atoms with van der Waals surface area (Å²) in [5.41, 5.74) is 1.52. The van der Waals surface area contributed by atoms with Crippen molar-refractivity contribution in [1.29, 1.82) is 0 Å². The zero-order valence-electron chi connectivity index (χ0n) is 12.7. The standard InChI is InChI=1S/C15H15N5O2S/c1-3-22-15(21)10(2)23-13-5-4-12-17-18-14(20(12)19-13)11-6-8-16-9-7-11/h4-10H,3H2,1-2H3/t10-/m1/s1. The Balaban J connectivity index is 1.91. The lowest BCUT2D eigenvalue weighted by atomic mass is 10.2. The van der Waals surface area contributed by atoms with E-state index in [9.17, 15) is 4.79 Å². The van der Waals surface area contributed by atoms with E-state index in [4.69, 9.17) is 4.74 Å². The number of hydrogen-bond acceptors (Lipinski definition) is 7. The minimum atomic E-state index is -0.333. The van der Waals surface area contributed by atoms with E-state index in [1.54, 1.807) is 30.8 Å². The van der Waals surface area contributed by atoms with Crippen molar-refractivity contribution in [2.75, 3.05) is 6.61 Å². The third kappa shape index (κ3) is 3.31. The second-order valence-corrected chi connectivity index (χ2v) is 6.07. The lowest BCUT2D eigenvalue weighted by Crippen LogP contribution is -2.17. The van der Waals surface area contributed by atoms with Crippen molar-refractivity contribution in [3.05, 3.63) is 36.7 Å². The summed E-state index contributed by atoms with van der Waals surface area (Å²) in [6.07, 6.45) is 3.38. The van der Waals surface area contributed by atoms with Gasteiger partial charge in [-0.2, -0.15) is 9.61 Å². The Morgan fingerprint density at radius 2 is 2.04 bits per heavy atom. The molecule has 0 N–H and O–H groups in total. The van der Waals surface area contributed by atoms with E-state index in [-0.39, 0.29) is 11.2 Å². The highest BCUT2D eigenvalue weighted by molar-refractivity contribution is 8.00. The fourth-order valence-electron chi connectivity index (χ4n) is 2.00. The van der Waals surface area contributed by atoms with Crippen molar-refractivity contribution in [3.63, 3.8) is 0 Å². The van der Waals surface area contributed by atoms with Gasteiger partial charge in [-0.05, 0) is 38.1 Å². The molecule has 7 nitrogen and oxygen atoms in total. The van der Waals surface area contributed by atoms with Crippen LogP contribution in [0.3, 0.4) is 0 Å². The van der Waals surface area contributed by atoms with E-state index in [1.807, 2.05) is 24.3 Å². The lowest BCUT2D eigenvalue weighted by molar-refractivity contribution is -0.142. The average molecular weight is 329 g/mol. The van der Waals surface area contributed by atoms with E-state index < -0.39 is 0 Å². The summed E-state index contributed by atoms with van der Waals surface area (Å²) in [5.74, 6) is 0.381. The summed E-state index contributed by atoms with van der Waals surface area (Å²) >= 11 is 1.34. The topological polar surface area (TPSA) is 82.3 Å². The van der Waals surface area contributed by atoms with Gasteiger partial charge >= 0.3 is 5.97 Å². The third-order valence-corrected chi connectivity index (χ3v) is 4.10. The predicted molar refractivity (Wildman–Crippen MR) is 86.0 cm³/mol. The zero-order chi connectivity index (χ0) is 16.2. The van der Waals surface area contributed by atoms with E-state index in [0.29, 0.717) is 23.1 Å². The number of carbonyl (C=O) groups is 1. The van der Waals surface area contributed by atoms with E-state index in [2.05, 4.69) is 20.3 Å². The van der Waals surface area contributed by atoms with Crippen molar-refractivity contribution in [3.8, 4) is 11.4 Å². The summed E-state index contributed by atoms with van der Waals surface area (Å²) in [4.78, 5) is 15.7. The molecule has 0 spiro atoms. The van der Waals surface area contributed by atoms with Crippen LogP contribution in [-0.4, -0.2) is 42.6 Å². The summed E-state index contributed by atoms with van der Waals surface area (Å²) in [6, 6.07) is 7.34. The molecule has 0 unspecified atom stereocenters. The lowest BCUT2D eigenvalue weighted by Gasteiger charge is -2.09. The molecular weight excluding hydrogens is 314 g/mol. The van der Waals surface area contributed by atoms with Gasteiger partial charge in [-0.15, -0.1) is 10.2 Å². The molecule has 0 amide bonds. The first kappa shape index (κ1) is 15.4. The number of hydrogen-bond donors (Lipinski definition) is 0. The van der Waals surface area contributed by atoms with Gasteiger partial charge in [0.2, 0.25) is 0 Å². The fraction of sp³-hybridized carbons (Fsp3) is 0.267. The second kappa shape index (κ2) is 6.74. The molecule has 0 aliphatic heterocycles. The van der Waals surface area contributed by atoms with Crippen molar-refractivity contribution < 1.29 is 9.53 Å². The number of fused-ring (bicyclic) bond motifs is 1. The Morgan fingerprint density at radius 1 is 1.26 bits per heavy atom. The van der Waals surface area contributed by atoms with Crippen LogP contribution < -0.4 is 0 Å². The first-order valence-corrected chi connectivity index (χ1v) is 8.03. The first-order valence-electron chi connectivity index (χ1n) is 7.15. The number of rotatable bonds is 5. The van der Waals surface area contributed by atoms with Gasteiger partial charge in [0.15, 0.2) is 11.5 Å². The Labute approximate surface area is 137 Å². The predicted octanol–water partition coefficient (Wildman–Crippen LogP) is 2.23.